The third-order valence-electron chi connectivity index (χ3n) is 2.86. The number of sulfonamides is 1. The highest BCUT2D eigenvalue weighted by atomic mass is 32.2. The van der Waals surface area contributed by atoms with Gasteiger partial charge in [0.1, 0.15) is 0 Å². The lowest BCUT2D eigenvalue weighted by molar-refractivity contribution is 0.310. The van der Waals surface area contributed by atoms with E-state index in [0.29, 0.717) is 11.8 Å². The average Bonchev–Trinajstić information content (AvgIpc) is 2.85. The van der Waals surface area contributed by atoms with E-state index in [4.69, 9.17) is 0 Å². The second kappa shape index (κ2) is 3.79. The van der Waals surface area contributed by atoms with Crippen LogP contribution in [0.25, 0.3) is 0 Å². The summed E-state index contributed by atoms with van der Waals surface area (Å²) in [7, 11) is -2.98. The molecule has 2 rings (SSSR count). The normalized spacial score (nSPS) is 34.8. The molecule has 1 atom stereocenters. The average molecular weight is 218 g/mol. The van der Waals surface area contributed by atoms with Crippen LogP contribution in [0.3, 0.4) is 0 Å². The predicted molar refractivity (Wildman–Crippen MR) is 55.6 cm³/mol. The van der Waals surface area contributed by atoms with Crippen molar-refractivity contribution < 1.29 is 8.42 Å². The van der Waals surface area contributed by atoms with Crippen molar-refractivity contribution in [2.45, 2.75) is 38.3 Å². The van der Waals surface area contributed by atoms with Crippen LogP contribution >= 0.6 is 0 Å². The fraction of sp³-hybridized carbons (Fsp3) is 1.00. The molecular weight excluding hydrogens is 200 g/mol. The molecule has 0 bridgehead atoms. The van der Waals surface area contributed by atoms with Gasteiger partial charge in [-0.25, -0.2) is 8.42 Å². The van der Waals surface area contributed by atoms with Crippen molar-refractivity contribution in [3.8, 4) is 0 Å². The third-order valence-corrected chi connectivity index (χ3v) is 4.96. The molecular formula is C9H18N2O2S. The number of hydrogen-bond donors (Lipinski definition) is 1. The number of nitrogens with zero attached hydrogens (tertiary/aromatic N) is 1. The molecule has 5 heteroatoms. The molecule has 1 N–H and O–H groups in total. The molecule has 1 unspecified atom stereocenters. The van der Waals surface area contributed by atoms with Gasteiger partial charge < -0.3 is 5.32 Å². The first kappa shape index (κ1) is 10.4. The topological polar surface area (TPSA) is 49.4 Å². The van der Waals surface area contributed by atoms with Gasteiger partial charge >= 0.3 is 0 Å². The van der Waals surface area contributed by atoms with E-state index in [1.54, 1.807) is 4.31 Å². The first-order valence-corrected chi connectivity index (χ1v) is 6.94. The van der Waals surface area contributed by atoms with E-state index in [1.165, 1.54) is 0 Å². The van der Waals surface area contributed by atoms with Crippen LogP contribution in [-0.4, -0.2) is 43.6 Å². The molecule has 4 nitrogen and oxygen atoms in total. The molecule has 1 aliphatic heterocycles. The first-order chi connectivity index (χ1) is 6.61. The summed E-state index contributed by atoms with van der Waals surface area (Å²) in [5.41, 5.74) is 0. The van der Waals surface area contributed by atoms with Crippen molar-refractivity contribution in [3.05, 3.63) is 0 Å². The van der Waals surface area contributed by atoms with Crippen LogP contribution in [-0.2, 0) is 10.0 Å². The highest BCUT2D eigenvalue weighted by Gasteiger charge is 2.40. The molecule has 0 spiro atoms. The molecule has 2 aliphatic rings. The molecule has 0 radical (unpaired) electrons. The maximum absolute atomic E-state index is 11.9. The predicted octanol–water partition coefficient (Wildman–Crippen LogP) is 0.162. The minimum Gasteiger partial charge on any atom is -0.315 e. The molecule has 1 aliphatic carbocycles. The number of rotatable bonds is 1. The highest BCUT2D eigenvalue weighted by molar-refractivity contribution is 7.89. The Morgan fingerprint density at radius 2 is 2.07 bits per heavy atom. The SMILES string of the molecule is CC1CNCCCS(=O)(=O)N1C1CC1. The summed E-state index contributed by atoms with van der Waals surface area (Å²) in [6.45, 7) is 3.60. The van der Waals surface area contributed by atoms with Gasteiger partial charge in [0.2, 0.25) is 10.0 Å². The Labute approximate surface area is 85.7 Å². The van der Waals surface area contributed by atoms with Gasteiger partial charge in [0.25, 0.3) is 0 Å². The molecule has 0 aromatic carbocycles. The van der Waals surface area contributed by atoms with E-state index in [-0.39, 0.29) is 6.04 Å². The van der Waals surface area contributed by atoms with Crippen molar-refractivity contribution >= 4 is 10.0 Å². The fourth-order valence-electron chi connectivity index (χ4n) is 2.08. The Kier molecular flexibility index (Phi) is 2.81. The van der Waals surface area contributed by atoms with Gasteiger partial charge in [0, 0.05) is 18.6 Å². The molecule has 0 amide bonds. The van der Waals surface area contributed by atoms with Crippen LogP contribution in [0.4, 0.5) is 0 Å². The van der Waals surface area contributed by atoms with Crippen molar-refractivity contribution in [2.24, 2.45) is 0 Å². The number of hydrogen-bond acceptors (Lipinski definition) is 3. The largest absolute Gasteiger partial charge is 0.315 e. The van der Waals surface area contributed by atoms with E-state index >= 15 is 0 Å². The van der Waals surface area contributed by atoms with Crippen molar-refractivity contribution in [2.75, 3.05) is 18.8 Å². The second-order valence-electron chi connectivity index (χ2n) is 4.28. The van der Waals surface area contributed by atoms with Gasteiger partial charge in [-0.05, 0) is 32.7 Å². The van der Waals surface area contributed by atoms with Crippen LogP contribution in [0.5, 0.6) is 0 Å². The summed E-state index contributed by atoms with van der Waals surface area (Å²) in [6, 6.07) is 0.419. The zero-order valence-electron chi connectivity index (χ0n) is 8.57. The molecule has 0 aromatic heterocycles. The monoisotopic (exact) mass is 218 g/mol. The summed E-state index contributed by atoms with van der Waals surface area (Å²) in [5, 5.41) is 3.28. The fourth-order valence-corrected chi connectivity index (χ4v) is 4.08. The molecule has 1 saturated carbocycles. The molecule has 82 valence electrons. The lowest BCUT2D eigenvalue weighted by atomic mass is 10.3. The molecule has 1 saturated heterocycles. The van der Waals surface area contributed by atoms with Crippen molar-refractivity contribution in [3.63, 3.8) is 0 Å². The van der Waals surface area contributed by atoms with E-state index in [1.807, 2.05) is 6.92 Å². The van der Waals surface area contributed by atoms with E-state index < -0.39 is 10.0 Å². The Morgan fingerprint density at radius 1 is 1.36 bits per heavy atom. The maximum atomic E-state index is 11.9. The van der Waals surface area contributed by atoms with Crippen LogP contribution < -0.4 is 5.32 Å². The van der Waals surface area contributed by atoms with Crippen LogP contribution in [0.1, 0.15) is 26.2 Å². The summed E-state index contributed by atoms with van der Waals surface area (Å²) in [4.78, 5) is 0. The Bertz CT molecular complexity index is 298. The van der Waals surface area contributed by atoms with Crippen LogP contribution in [0.15, 0.2) is 0 Å². The van der Waals surface area contributed by atoms with Crippen LogP contribution in [0.2, 0.25) is 0 Å². The van der Waals surface area contributed by atoms with E-state index in [9.17, 15) is 8.42 Å². The zero-order chi connectivity index (χ0) is 10.2. The lowest BCUT2D eigenvalue weighted by Gasteiger charge is -2.30. The van der Waals surface area contributed by atoms with Gasteiger partial charge in [-0.2, -0.15) is 4.31 Å². The molecule has 14 heavy (non-hydrogen) atoms. The summed E-state index contributed by atoms with van der Waals surface area (Å²) in [6.07, 6.45) is 2.82. The summed E-state index contributed by atoms with van der Waals surface area (Å²) >= 11 is 0. The summed E-state index contributed by atoms with van der Waals surface area (Å²) < 4.78 is 25.6. The Morgan fingerprint density at radius 3 is 2.71 bits per heavy atom. The minimum atomic E-state index is -2.98. The highest BCUT2D eigenvalue weighted by Crippen LogP contribution is 2.31. The molecule has 2 fully saturated rings. The van der Waals surface area contributed by atoms with Gasteiger partial charge in [-0.1, -0.05) is 0 Å². The lowest BCUT2D eigenvalue weighted by Crippen LogP contribution is -2.48. The van der Waals surface area contributed by atoms with E-state index in [2.05, 4.69) is 5.32 Å². The van der Waals surface area contributed by atoms with Gasteiger partial charge in [-0.3, -0.25) is 0 Å². The maximum Gasteiger partial charge on any atom is 0.214 e. The van der Waals surface area contributed by atoms with Crippen molar-refractivity contribution in [1.82, 2.24) is 9.62 Å². The van der Waals surface area contributed by atoms with Gasteiger partial charge in [-0.15, -0.1) is 0 Å². The Balaban J connectivity index is 2.18. The van der Waals surface area contributed by atoms with Crippen molar-refractivity contribution in [1.29, 1.82) is 0 Å². The quantitative estimate of drug-likeness (QED) is 0.682. The zero-order valence-corrected chi connectivity index (χ0v) is 9.39. The minimum absolute atomic E-state index is 0.118. The molecule has 1 heterocycles. The standard InChI is InChI=1S/C9H18N2O2S/c1-8-7-10-5-2-6-14(12,13)11(8)9-3-4-9/h8-10H,2-7H2,1H3. The van der Waals surface area contributed by atoms with Gasteiger partial charge in [0.15, 0.2) is 0 Å². The van der Waals surface area contributed by atoms with E-state index in [0.717, 1.165) is 32.4 Å². The third kappa shape index (κ3) is 2.10. The smallest absolute Gasteiger partial charge is 0.214 e. The number of nitrogens with one attached hydrogen (secondary N) is 1. The Hall–Kier alpha value is -0.130. The van der Waals surface area contributed by atoms with Gasteiger partial charge in [0.05, 0.1) is 5.75 Å². The first-order valence-electron chi connectivity index (χ1n) is 5.33. The second-order valence-corrected chi connectivity index (χ2v) is 6.28. The van der Waals surface area contributed by atoms with Crippen LogP contribution in [0, 0.1) is 0 Å². The summed E-state index contributed by atoms with van der Waals surface area (Å²) in [5.74, 6) is 0.306. The molecule has 0 aromatic rings.